The van der Waals surface area contributed by atoms with Crippen molar-refractivity contribution in [1.82, 2.24) is 5.32 Å². The molecule has 0 aromatic carbocycles. The second-order valence-electron chi connectivity index (χ2n) is 2.77. The first kappa shape index (κ1) is 11.2. The zero-order valence-corrected chi connectivity index (χ0v) is 9.98. The molecule has 14 heavy (non-hydrogen) atoms. The summed E-state index contributed by atoms with van der Waals surface area (Å²) in [5.74, 6) is -0.810. The van der Waals surface area contributed by atoms with Crippen molar-refractivity contribution in [2.75, 3.05) is 0 Å². The third-order valence-electron chi connectivity index (χ3n) is 1.65. The topological polar surface area (TPSA) is 52.9 Å². The van der Waals surface area contributed by atoms with Gasteiger partial charge in [0.2, 0.25) is 5.91 Å². The van der Waals surface area contributed by atoms with Crippen LogP contribution in [0, 0.1) is 17.2 Å². The van der Waals surface area contributed by atoms with E-state index in [1.807, 2.05) is 18.2 Å². The SMILES string of the molecule is CC(C#N)C(=O)NCc1ccc(Br)s1. The molecule has 5 heteroatoms. The molecule has 0 aliphatic heterocycles. The molecule has 0 saturated heterocycles. The Balaban J connectivity index is 2.42. The van der Waals surface area contributed by atoms with Gasteiger partial charge < -0.3 is 5.32 Å². The maximum absolute atomic E-state index is 11.2. The summed E-state index contributed by atoms with van der Waals surface area (Å²) in [5.41, 5.74) is 0. The van der Waals surface area contributed by atoms with Gasteiger partial charge in [0.15, 0.2) is 0 Å². The number of nitriles is 1. The quantitative estimate of drug-likeness (QED) is 0.918. The van der Waals surface area contributed by atoms with Gasteiger partial charge in [-0.25, -0.2) is 0 Å². The Labute approximate surface area is 94.9 Å². The maximum atomic E-state index is 11.2. The monoisotopic (exact) mass is 272 g/mol. The van der Waals surface area contributed by atoms with Crippen LogP contribution in [0.4, 0.5) is 0 Å². The van der Waals surface area contributed by atoms with Crippen molar-refractivity contribution < 1.29 is 4.79 Å². The summed E-state index contributed by atoms with van der Waals surface area (Å²) in [7, 11) is 0. The van der Waals surface area contributed by atoms with E-state index in [1.54, 1.807) is 18.3 Å². The van der Waals surface area contributed by atoms with Gasteiger partial charge in [-0.2, -0.15) is 5.26 Å². The molecule has 74 valence electrons. The van der Waals surface area contributed by atoms with E-state index in [1.165, 1.54) is 0 Å². The lowest BCUT2D eigenvalue weighted by molar-refractivity contribution is -0.123. The molecule has 1 rings (SSSR count). The second-order valence-corrected chi connectivity index (χ2v) is 5.32. The molecule has 1 amide bonds. The standard InChI is InChI=1S/C9H9BrN2OS/c1-6(4-11)9(13)12-5-7-2-3-8(10)14-7/h2-3,6H,5H2,1H3,(H,12,13). The van der Waals surface area contributed by atoms with Crippen molar-refractivity contribution in [2.24, 2.45) is 5.92 Å². The van der Waals surface area contributed by atoms with Gasteiger partial charge in [-0.1, -0.05) is 0 Å². The average molecular weight is 273 g/mol. The average Bonchev–Trinajstić information content (AvgIpc) is 2.59. The van der Waals surface area contributed by atoms with E-state index in [0.29, 0.717) is 6.54 Å². The van der Waals surface area contributed by atoms with Crippen LogP contribution in [0.5, 0.6) is 0 Å². The molecular formula is C9H9BrN2OS. The molecule has 0 fully saturated rings. The summed E-state index contributed by atoms with van der Waals surface area (Å²) in [4.78, 5) is 12.3. The molecule has 0 spiro atoms. The number of amides is 1. The first-order chi connectivity index (χ1) is 6.63. The highest BCUT2D eigenvalue weighted by molar-refractivity contribution is 9.11. The van der Waals surface area contributed by atoms with E-state index < -0.39 is 5.92 Å². The fraction of sp³-hybridized carbons (Fsp3) is 0.333. The van der Waals surface area contributed by atoms with Gasteiger partial charge in [-0.05, 0) is 35.0 Å². The molecule has 0 saturated carbocycles. The lowest BCUT2D eigenvalue weighted by Gasteiger charge is -2.03. The Morgan fingerprint density at radius 3 is 3.00 bits per heavy atom. The summed E-state index contributed by atoms with van der Waals surface area (Å²) in [6.45, 7) is 2.07. The van der Waals surface area contributed by atoms with E-state index >= 15 is 0 Å². The van der Waals surface area contributed by atoms with E-state index in [4.69, 9.17) is 5.26 Å². The third kappa shape index (κ3) is 3.13. The molecule has 1 N–H and O–H groups in total. The normalized spacial score (nSPS) is 11.8. The number of carbonyl (C=O) groups is 1. The van der Waals surface area contributed by atoms with Gasteiger partial charge in [0, 0.05) is 4.88 Å². The first-order valence-electron chi connectivity index (χ1n) is 4.05. The van der Waals surface area contributed by atoms with E-state index in [2.05, 4.69) is 21.2 Å². The minimum absolute atomic E-state index is 0.225. The molecular weight excluding hydrogens is 264 g/mol. The van der Waals surface area contributed by atoms with Crippen molar-refractivity contribution in [3.05, 3.63) is 20.8 Å². The zero-order valence-electron chi connectivity index (χ0n) is 7.58. The molecule has 1 unspecified atom stereocenters. The van der Waals surface area contributed by atoms with Crippen LogP contribution in [-0.2, 0) is 11.3 Å². The zero-order chi connectivity index (χ0) is 10.6. The number of halogens is 1. The van der Waals surface area contributed by atoms with Gasteiger partial charge in [0.1, 0.15) is 5.92 Å². The van der Waals surface area contributed by atoms with E-state index in [0.717, 1.165) is 8.66 Å². The highest BCUT2D eigenvalue weighted by atomic mass is 79.9. The van der Waals surface area contributed by atoms with Crippen molar-refractivity contribution in [1.29, 1.82) is 5.26 Å². The minimum atomic E-state index is -0.585. The highest BCUT2D eigenvalue weighted by Crippen LogP contribution is 2.21. The van der Waals surface area contributed by atoms with Crippen LogP contribution in [0.15, 0.2) is 15.9 Å². The lowest BCUT2D eigenvalue weighted by Crippen LogP contribution is -2.27. The summed E-state index contributed by atoms with van der Waals surface area (Å²) >= 11 is 4.90. The van der Waals surface area contributed by atoms with E-state index in [9.17, 15) is 4.79 Å². The van der Waals surface area contributed by atoms with Crippen LogP contribution < -0.4 is 5.32 Å². The highest BCUT2D eigenvalue weighted by Gasteiger charge is 2.10. The van der Waals surface area contributed by atoms with Gasteiger partial charge >= 0.3 is 0 Å². The van der Waals surface area contributed by atoms with Crippen LogP contribution in [0.1, 0.15) is 11.8 Å². The largest absolute Gasteiger partial charge is 0.350 e. The number of nitrogens with one attached hydrogen (secondary N) is 1. The van der Waals surface area contributed by atoms with Crippen molar-refractivity contribution in [3.8, 4) is 6.07 Å². The smallest absolute Gasteiger partial charge is 0.237 e. The second kappa shape index (κ2) is 5.13. The van der Waals surface area contributed by atoms with Crippen LogP contribution in [0.3, 0.4) is 0 Å². The fourth-order valence-electron chi connectivity index (χ4n) is 0.833. The predicted molar refractivity (Wildman–Crippen MR) is 58.6 cm³/mol. The molecule has 3 nitrogen and oxygen atoms in total. The van der Waals surface area contributed by atoms with Crippen LogP contribution in [0.25, 0.3) is 0 Å². The van der Waals surface area contributed by atoms with Gasteiger partial charge in [0.25, 0.3) is 0 Å². The molecule has 1 aromatic rings. The maximum Gasteiger partial charge on any atom is 0.237 e. The Morgan fingerprint density at radius 1 is 1.79 bits per heavy atom. The summed E-state index contributed by atoms with van der Waals surface area (Å²) in [6, 6.07) is 5.76. The summed E-state index contributed by atoms with van der Waals surface area (Å²) in [5, 5.41) is 11.2. The molecule has 0 aliphatic carbocycles. The number of nitrogens with zero attached hydrogens (tertiary/aromatic N) is 1. The number of hydrogen-bond donors (Lipinski definition) is 1. The van der Waals surface area contributed by atoms with Crippen LogP contribution >= 0.6 is 27.3 Å². The van der Waals surface area contributed by atoms with Crippen LogP contribution in [-0.4, -0.2) is 5.91 Å². The molecule has 0 bridgehead atoms. The molecule has 1 atom stereocenters. The van der Waals surface area contributed by atoms with E-state index in [-0.39, 0.29) is 5.91 Å². The van der Waals surface area contributed by atoms with Crippen molar-refractivity contribution in [2.45, 2.75) is 13.5 Å². The Morgan fingerprint density at radius 2 is 2.50 bits per heavy atom. The summed E-state index contributed by atoms with van der Waals surface area (Å²) < 4.78 is 1.04. The lowest BCUT2D eigenvalue weighted by atomic mass is 10.2. The summed E-state index contributed by atoms with van der Waals surface area (Å²) in [6.07, 6.45) is 0. The number of carbonyl (C=O) groups excluding carboxylic acids is 1. The first-order valence-corrected chi connectivity index (χ1v) is 5.66. The third-order valence-corrected chi connectivity index (χ3v) is 3.28. The molecule has 1 aromatic heterocycles. The predicted octanol–water partition coefficient (Wildman–Crippen LogP) is 2.29. The van der Waals surface area contributed by atoms with Crippen LogP contribution in [0.2, 0.25) is 0 Å². The van der Waals surface area contributed by atoms with Crippen molar-refractivity contribution in [3.63, 3.8) is 0 Å². The van der Waals surface area contributed by atoms with Crippen molar-refractivity contribution >= 4 is 33.2 Å². The Hall–Kier alpha value is -0.860. The van der Waals surface area contributed by atoms with Gasteiger partial charge in [0.05, 0.1) is 16.4 Å². The van der Waals surface area contributed by atoms with Gasteiger partial charge in [-0.15, -0.1) is 11.3 Å². The fourth-order valence-corrected chi connectivity index (χ4v) is 2.26. The van der Waals surface area contributed by atoms with Gasteiger partial charge in [-0.3, -0.25) is 4.79 Å². The molecule has 0 aliphatic rings. The number of thiophene rings is 1. The Bertz CT molecular complexity index is 369. The number of hydrogen-bond acceptors (Lipinski definition) is 3. The number of rotatable bonds is 3. The Kier molecular flexibility index (Phi) is 4.11. The molecule has 1 heterocycles. The molecule has 0 radical (unpaired) electrons. The minimum Gasteiger partial charge on any atom is -0.350 e.